The Labute approximate surface area is 135 Å². The van der Waals surface area contributed by atoms with Crippen LogP contribution in [0.1, 0.15) is 26.7 Å². The Bertz CT molecular complexity index is 385. The number of hydrogen-bond acceptors (Lipinski definition) is 4. The molecule has 4 nitrogen and oxygen atoms in total. The van der Waals surface area contributed by atoms with Crippen molar-refractivity contribution in [3.05, 3.63) is 28.7 Å². The normalized spacial score (nSPS) is 13.2. The van der Waals surface area contributed by atoms with E-state index in [1.165, 1.54) is 0 Å². The zero-order valence-electron chi connectivity index (χ0n) is 12.8. The number of nitrogens with one attached hydrogen (secondary N) is 1. The van der Waals surface area contributed by atoms with Crippen LogP contribution in [0.3, 0.4) is 0 Å². The van der Waals surface area contributed by atoms with E-state index < -0.39 is 6.10 Å². The molecule has 0 radical (unpaired) electrons. The van der Waals surface area contributed by atoms with E-state index in [2.05, 4.69) is 35.1 Å². The summed E-state index contributed by atoms with van der Waals surface area (Å²) < 4.78 is 6.52. The number of hydrogen-bond donors (Lipinski definition) is 3. The van der Waals surface area contributed by atoms with Crippen LogP contribution in [0.5, 0.6) is 5.75 Å². The van der Waals surface area contributed by atoms with Crippen LogP contribution in [0.4, 0.5) is 0 Å². The number of ether oxygens (including phenoxy) is 1. The van der Waals surface area contributed by atoms with Crippen LogP contribution < -0.4 is 10.1 Å². The minimum atomic E-state index is -0.571. The molecule has 0 aromatic heterocycles. The van der Waals surface area contributed by atoms with Crippen LogP contribution >= 0.6 is 15.9 Å². The van der Waals surface area contributed by atoms with Gasteiger partial charge in [0.1, 0.15) is 18.5 Å². The summed E-state index contributed by atoms with van der Waals surface area (Å²) in [4.78, 5) is 0. The van der Waals surface area contributed by atoms with Gasteiger partial charge >= 0.3 is 0 Å². The number of aliphatic hydroxyl groups is 2. The highest BCUT2D eigenvalue weighted by atomic mass is 79.9. The van der Waals surface area contributed by atoms with Gasteiger partial charge in [-0.3, -0.25) is 0 Å². The lowest BCUT2D eigenvalue weighted by Crippen LogP contribution is -2.40. The topological polar surface area (TPSA) is 61.7 Å². The molecule has 0 aliphatic carbocycles. The molecule has 0 heterocycles. The Kier molecular flexibility index (Phi) is 8.26. The van der Waals surface area contributed by atoms with E-state index in [1.807, 2.05) is 24.3 Å². The van der Waals surface area contributed by atoms with Crippen LogP contribution in [0.15, 0.2) is 28.7 Å². The molecule has 1 rings (SSSR count). The highest BCUT2D eigenvalue weighted by Crippen LogP contribution is 2.24. The Morgan fingerprint density at radius 2 is 1.86 bits per heavy atom. The fraction of sp³-hybridized carbons (Fsp3) is 0.625. The standard InChI is InChI=1S/C16H26BrNO3/c1-3-16(4-2,12-19)11-18-9-14(20)10-21-15-7-5-13(17)6-8-15/h5-8,14,18-20H,3-4,9-12H2,1-2H3. The molecule has 1 atom stereocenters. The predicted octanol–water partition coefficient (Wildman–Crippen LogP) is 2.58. The minimum absolute atomic E-state index is 0.0910. The van der Waals surface area contributed by atoms with Gasteiger partial charge in [0.2, 0.25) is 0 Å². The first kappa shape index (κ1) is 18.4. The maximum absolute atomic E-state index is 9.92. The number of aliphatic hydroxyl groups excluding tert-OH is 2. The first-order chi connectivity index (χ1) is 10.0. The van der Waals surface area contributed by atoms with Gasteiger partial charge in [-0.05, 0) is 37.1 Å². The number of benzene rings is 1. The van der Waals surface area contributed by atoms with E-state index in [9.17, 15) is 10.2 Å². The average molecular weight is 360 g/mol. The third kappa shape index (κ3) is 6.34. The lowest BCUT2D eigenvalue weighted by atomic mass is 9.83. The molecule has 0 amide bonds. The quantitative estimate of drug-likeness (QED) is 0.600. The van der Waals surface area contributed by atoms with Gasteiger partial charge in [0.25, 0.3) is 0 Å². The number of halogens is 1. The highest BCUT2D eigenvalue weighted by Gasteiger charge is 2.24. The van der Waals surface area contributed by atoms with Crippen molar-refractivity contribution >= 4 is 15.9 Å². The molecule has 0 fully saturated rings. The monoisotopic (exact) mass is 359 g/mol. The summed E-state index contributed by atoms with van der Waals surface area (Å²) in [6.07, 6.45) is 1.26. The second-order valence-corrected chi connectivity index (χ2v) is 6.33. The average Bonchev–Trinajstić information content (AvgIpc) is 2.51. The smallest absolute Gasteiger partial charge is 0.119 e. The summed E-state index contributed by atoms with van der Waals surface area (Å²) in [7, 11) is 0. The summed E-state index contributed by atoms with van der Waals surface area (Å²) >= 11 is 3.36. The summed E-state index contributed by atoms with van der Waals surface area (Å²) in [5.74, 6) is 0.740. The van der Waals surface area contributed by atoms with Crippen molar-refractivity contribution < 1.29 is 14.9 Å². The summed E-state index contributed by atoms with van der Waals surface area (Å²) in [5.41, 5.74) is -0.0910. The Hall–Kier alpha value is -0.620. The Morgan fingerprint density at radius 3 is 2.38 bits per heavy atom. The van der Waals surface area contributed by atoms with Gasteiger partial charge in [-0.25, -0.2) is 0 Å². The van der Waals surface area contributed by atoms with Crippen molar-refractivity contribution in [3.8, 4) is 5.75 Å². The molecule has 1 aromatic rings. The van der Waals surface area contributed by atoms with E-state index in [0.717, 1.165) is 23.1 Å². The lowest BCUT2D eigenvalue weighted by Gasteiger charge is -2.30. The van der Waals surface area contributed by atoms with E-state index in [4.69, 9.17) is 4.74 Å². The predicted molar refractivity (Wildman–Crippen MR) is 88.6 cm³/mol. The maximum Gasteiger partial charge on any atom is 0.119 e. The van der Waals surface area contributed by atoms with Gasteiger partial charge in [-0.1, -0.05) is 29.8 Å². The molecule has 1 unspecified atom stereocenters. The molecule has 0 saturated carbocycles. The van der Waals surface area contributed by atoms with Gasteiger partial charge in [-0.15, -0.1) is 0 Å². The van der Waals surface area contributed by atoms with Gasteiger partial charge in [-0.2, -0.15) is 0 Å². The highest BCUT2D eigenvalue weighted by molar-refractivity contribution is 9.10. The van der Waals surface area contributed by atoms with Crippen LogP contribution in [0, 0.1) is 5.41 Å². The van der Waals surface area contributed by atoms with Crippen molar-refractivity contribution in [1.29, 1.82) is 0 Å². The molecule has 0 saturated heterocycles. The van der Waals surface area contributed by atoms with E-state index >= 15 is 0 Å². The van der Waals surface area contributed by atoms with Gasteiger partial charge in [0.05, 0.1) is 0 Å². The van der Waals surface area contributed by atoms with Crippen LogP contribution in [-0.4, -0.2) is 42.6 Å². The molecule has 3 N–H and O–H groups in total. The van der Waals surface area contributed by atoms with Crippen molar-refractivity contribution in [2.45, 2.75) is 32.8 Å². The van der Waals surface area contributed by atoms with E-state index in [1.54, 1.807) is 0 Å². The number of rotatable bonds is 10. The molecule has 0 aliphatic rings. The van der Waals surface area contributed by atoms with Gasteiger partial charge in [0.15, 0.2) is 0 Å². The molecule has 5 heteroatoms. The third-order valence-corrected chi connectivity index (χ3v) is 4.50. The minimum Gasteiger partial charge on any atom is -0.491 e. The maximum atomic E-state index is 9.92. The SMILES string of the molecule is CCC(CC)(CO)CNCC(O)COc1ccc(Br)cc1. The van der Waals surface area contributed by atoms with Crippen molar-refractivity contribution in [3.63, 3.8) is 0 Å². The van der Waals surface area contributed by atoms with Gasteiger partial charge < -0.3 is 20.3 Å². The van der Waals surface area contributed by atoms with Gasteiger partial charge in [0, 0.05) is 29.6 Å². The second kappa shape index (κ2) is 9.41. The molecule has 1 aromatic carbocycles. The van der Waals surface area contributed by atoms with Crippen molar-refractivity contribution in [2.75, 3.05) is 26.3 Å². The second-order valence-electron chi connectivity index (χ2n) is 5.41. The Morgan fingerprint density at radius 1 is 1.24 bits per heavy atom. The van der Waals surface area contributed by atoms with Crippen molar-refractivity contribution in [1.82, 2.24) is 5.32 Å². The Balaban J connectivity index is 2.27. The molecule has 0 aliphatic heterocycles. The van der Waals surface area contributed by atoms with Crippen LogP contribution in [0.25, 0.3) is 0 Å². The van der Waals surface area contributed by atoms with E-state index in [-0.39, 0.29) is 18.6 Å². The zero-order valence-corrected chi connectivity index (χ0v) is 14.4. The lowest BCUT2D eigenvalue weighted by molar-refractivity contribution is 0.0863. The summed E-state index contributed by atoms with van der Waals surface area (Å²) in [6.45, 7) is 5.73. The molecule has 0 bridgehead atoms. The molecule has 21 heavy (non-hydrogen) atoms. The van der Waals surface area contributed by atoms with E-state index in [0.29, 0.717) is 13.1 Å². The largest absolute Gasteiger partial charge is 0.491 e. The molecular formula is C16H26BrNO3. The first-order valence-electron chi connectivity index (χ1n) is 7.43. The molecular weight excluding hydrogens is 334 g/mol. The molecule has 0 spiro atoms. The molecule has 120 valence electrons. The zero-order chi connectivity index (χ0) is 15.7. The van der Waals surface area contributed by atoms with Crippen molar-refractivity contribution in [2.24, 2.45) is 5.41 Å². The van der Waals surface area contributed by atoms with Crippen LogP contribution in [0.2, 0.25) is 0 Å². The fourth-order valence-electron chi connectivity index (χ4n) is 2.07. The summed E-state index contributed by atoms with van der Waals surface area (Å²) in [6, 6.07) is 7.51. The summed E-state index contributed by atoms with van der Waals surface area (Å²) in [5, 5.41) is 22.6. The third-order valence-electron chi connectivity index (χ3n) is 3.97. The first-order valence-corrected chi connectivity index (χ1v) is 8.22. The van der Waals surface area contributed by atoms with Crippen LogP contribution in [-0.2, 0) is 0 Å². The fourth-order valence-corrected chi connectivity index (χ4v) is 2.33.